The topological polar surface area (TPSA) is 57.6 Å². The maximum absolute atomic E-state index is 12.6. The molecule has 5 heteroatoms. The van der Waals surface area contributed by atoms with Crippen LogP contribution >= 0.6 is 15.9 Å². The van der Waals surface area contributed by atoms with Gasteiger partial charge in [0.2, 0.25) is 5.91 Å². The molecule has 0 spiro atoms. The zero-order valence-corrected chi connectivity index (χ0v) is 14.7. The zero-order chi connectivity index (χ0) is 17.1. The first-order chi connectivity index (χ1) is 11.6. The summed E-state index contributed by atoms with van der Waals surface area (Å²) in [7, 11) is 0. The summed E-state index contributed by atoms with van der Waals surface area (Å²) < 4.78 is 0.975. The van der Waals surface area contributed by atoms with Crippen LogP contribution in [0.1, 0.15) is 29.2 Å². The smallest absolute Gasteiger partial charge is 0.331 e. The number of benzene rings is 2. The van der Waals surface area contributed by atoms with Crippen molar-refractivity contribution in [3.63, 3.8) is 0 Å². The van der Waals surface area contributed by atoms with E-state index in [1.54, 1.807) is 0 Å². The number of carbonyl (C=O) groups excluding carboxylic acids is 1. The fraction of sp³-hybridized carbons (Fsp3) is 0.263. The van der Waals surface area contributed by atoms with E-state index in [1.807, 2.05) is 48.5 Å². The number of aryl methyl sites for hydroxylation is 1. The normalized spacial score (nSPS) is 16.5. The predicted octanol–water partition coefficient (Wildman–Crippen LogP) is 3.59. The van der Waals surface area contributed by atoms with Crippen molar-refractivity contribution in [2.45, 2.75) is 25.3 Å². The second-order valence-corrected chi connectivity index (χ2v) is 6.82. The number of carboxylic acid groups (broad SMARTS) is 1. The van der Waals surface area contributed by atoms with E-state index in [9.17, 15) is 14.7 Å². The lowest BCUT2D eigenvalue weighted by Gasteiger charge is -2.34. The quantitative estimate of drug-likeness (QED) is 0.871. The Morgan fingerprint density at radius 1 is 1.17 bits per heavy atom. The predicted molar refractivity (Wildman–Crippen MR) is 94.7 cm³/mol. The second-order valence-electron chi connectivity index (χ2n) is 5.91. The molecule has 1 N–H and O–H groups in total. The molecule has 0 fully saturated rings. The molecular weight excluding hydrogens is 370 g/mol. The molecule has 0 aliphatic carbocycles. The van der Waals surface area contributed by atoms with Crippen LogP contribution in [0, 0.1) is 0 Å². The number of carbonyl (C=O) groups is 2. The average molecular weight is 388 g/mol. The zero-order valence-electron chi connectivity index (χ0n) is 13.1. The highest BCUT2D eigenvalue weighted by Crippen LogP contribution is 2.30. The SMILES string of the molecule is O=C(O)C1c2ccccc2CCN1C(=O)CCc1cccc(Br)c1. The van der Waals surface area contributed by atoms with Crippen molar-refractivity contribution in [1.82, 2.24) is 4.90 Å². The van der Waals surface area contributed by atoms with Crippen LogP contribution in [0.5, 0.6) is 0 Å². The number of hydrogen-bond acceptors (Lipinski definition) is 2. The van der Waals surface area contributed by atoms with Crippen LogP contribution in [0.2, 0.25) is 0 Å². The molecule has 2 aromatic rings. The van der Waals surface area contributed by atoms with Crippen LogP contribution < -0.4 is 0 Å². The molecule has 1 amide bonds. The fourth-order valence-electron chi connectivity index (χ4n) is 3.19. The Morgan fingerprint density at radius 3 is 2.71 bits per heavy atom. The van der Waals surface area contributed by atoms with Gasteiger partial charge in [0, 0.05) is 17.4 Å². The van der Waals surface area contributed by atoms with Gasteiger partial charge < -0.3 is 10.0 Å². The summed E-state index contributed by atoms with van der Waals surface area (Å²) >= 11 is 3.42. The van der Waals surface area contributed by atoms with E-state index < -0.39 is 12.0 Å². The molecule has 1 aliphatic rings. The van der Waals surface area contributed by atoms with Gasteiger partial charge in [-0.2, -0.15) is 0 Å². The van der Waals surface area contributed by atoms with Gasteiger partial charge in [0.25, 0.3) is 0 Å². The Kier molecular flexibility index (Phi) is 5.00. The van der Waals surface area contributed by atoms with Crippen molar-refractivity contribution in [1.29, 1.82) is 0 Å². The van der Waals surface area contributed by atoms with Gasteiger partial charge in [-0.1, -0.05) is 52.3 Å². The lowest BCUT2D eigenvalue weighted by atomic mass is 9.92. The minimum Gasteiger partial charge on any atom is -0.479 e. The van der Waals surface area contributed by atoms with Crippen molar-refractivity contribution in [2.75, 3.05) is 6.54 Å². The summed E-state index contributed by atoms with van der Waals surface area (Å²) in [5, 5.41) is 9.63. The summed E-state index contributed by atoms with van der Waals surface area (Å²) in [4.78, 5) is 25.9. The number of aliphatic carboxylic acids is 1. The van der Waals surface area contributed by atoms with Crippen LogP contribution in [0.4, 0.5) is 0 Å². The third-order valence-corrected chi connectivity index (χ3v) is 4.85. The first kappa shape index (κ1) is 16.7. The summed E-state index contributed by atoms with van der Waals surface area (Å²) in [5.74, 6) is -1.09. The van der Waals surface area contributed by atoms with E-state index in [0.29, 0.717) is 25.8 Å². The molecule has 2 aromatic carbocycles. The molecule has 0 radical (unpaired) electrons. The molecule has 124 valence electrons. The molecule has 1 heterocycles. The molecular formula is C19H18BrNO3. The molecule has 0 aromatic heterocycles. The van der Waals surface area contributed by atoms with E-state index >= 15 is 0 Å². The Bertz CT molecular complexity index is 775. The van der Waals surface area contributed by atoms with E-state index in [2.05, 4.69) is 15.9 Å². The van der Waals surface area contributed by atoms with Crippen molar-refractivity contribution in [3.8, 4) is 0 Å². The number of fused-ring (bicyclic) bond motifs is 1. The Hall–Kier alpha value is -2.14. The first-order valence-electron chi connectivity index (χ1n) is 7.91. The van der Waals surface area contributed by atoms with Gasteiger partial charge in [-0.3, -0.25) is 4.79 Å². The fourth-order valence-corrected chi connectivity index (χ4v) is 3.64. The second kappa shape index (κ2) is 7.18. The maximum atomic E-state index is 12.6. The van der Waals surface area contributed by atoms with E-state index in [1.165, 1.54) is 4.90 Å². The monoisotopic (exact) mass is 387 g/mol. The first-order valence-corrected chi connectivity index (χ1v) is 8.70. The van der Waals surface area contributed by atoms with Crippen molar-refractivity contribution < 1.29 is 14.7 Å². The lowest BCUT2D eigenvalue weighted by Crippen LogP contribution is -2.43. The molecule has 0 saturated heterocycles. The average Bonchev–Trinajstić information content (AvgIpc) is 2.58. The Labute approximate surface area is 149 Å². The van der Waals surface area contributed by atoms with Gasteiger partial charge in [0.05, 0.1) is 0 Å². The highest BCUT2D eigenvalue weighted by Gasteiger charge is 2.35. The molecule has 24 heavy (non-hydrogen) atoms. The summed E-state index contributed by atoms with van der Waals surface area (Å²) in [6.07, 6.45) is 1.60. The van der Waals surface area contributed by atoms with E-state index in [-0.39, 0.29) is 5.91 Å². The van der Waals surface area contributed by atoms with Gasteiger partial charge in [0.15, 0.2) is 6.04 Å². The van der Waals surface area contributed by atoms with Crippen LogP contribution in [0.15, 0.2) is 53.0 Å². The highest BCUT2D eigenvalue weighted by atomic mass is 79.9. The van der Waals surface area contributed by atoms with E-state index in [0.717, 1.165) is 21.2 Å². The maximum Gasteiger partial charge on any atom is 0.331 e. The minimum absolute atomic E-state index is 0.114. The third-order valence-electron chi connectivity index (χ3n) is 4.35. The van der Waals surface area contributed by atoms with Crippen LogP contribution in [0.25, 0.3) is 0 Å². The summed E-state index contributed by atoms with van der Waals surface area (Å²) in [6.45, 7) is 0.450. The number of rotatable bonds is 4. The molecule has 1 unspecified atom stereocenters. The number of carboxylic acids is 1. The van der Waals surface area contributed by atoms with Gasteiger partial charge in [-0.15, -0.1) is 0 Å². The standard InChI is InChI=1S/C19H18BrNO3/c20-15-6-3-4-13(12-15)8-9-17(22)21-11-10-14-5-1-2-7-16(14)18(21)19(23)24/h1-7,12,18H,8-11H2,(H,23,24). The third kappa shape index (κ3) is 3.51. The number of amides is 1. The lowest BCUT2D eigenvalue weighted by molar-refractivity contribution is -0.151. The highest BCUT2D eigenvalue weighted by molar-refractivity contribution is 9.10. The number of nitrogens with zero attached hydrogens (tertiary/aromatic N) is 1. The van der Waals surface area contributed by atoms with Gasteiger partial charge >= 0.3 is 5.97 Å². The molecule has 1 atom stereocenters. The minimum atomic E-state index is -0.974. The largest absolute Gasteiger partial charge is 0.479 e. The number of halogens is 1. The summed E-state index contributed by atoms with van der Waals surface area (Å²) in [6, 6.07) is 14.4. The molecule has 0 bridgehead atoms. The van der Waals surface area contributed by atoms with Crippen LogP contribution in [0.3, 0.4) is 0 Å². The molecule has 3 rings (SSSR count). The Balaban J connectivity index is 1.75. The van der Waals surface area contributed by atoms with Crippen LogP contribution in [-0.4, -0.2) is 28.4 Å². The molecule has 4 nitrogen and oxygen atoms in total. The molecule has 0 saturated carbocycles. The van der Waals surface area contributed by atoms with Gasteiger partial charge in [-0.05, 0) is 41.7 Å². The Morgan fingerprint density at radius 2 is 1.96 bits per heavy atom. The van der Waals surface area contributed by atoms with E-state index in [4.69, 9.17) is 0 Å². The van der Waals surface area contributed by atoms with Crippen molar-refractivity contribution in [3.05, 3.63) is 69.7 Å². The van der Waals surface area contributed by atoms with Crippen molar-refractivity contribution >= 4 is 27.8 Å². The number of hydrogen-bond donors (Lipinski definition) is 1. The van der Waals surface area contributed by atoms with Gasteiger partial charge in [-0.25, -0.2) is 4.79 Å². The summed E-state index contributed by atoms with van der Waals surface area (Å²) in [5.41, 5.74) is 2.80. The van der Waals surface area contributed by atoms with Crippen LogP contribution in [-0.2, 0) is 22.4 Å². The van der Waals surface area contributed by atoms with Crippen molar-refractivity contribution in [2.24, 2.45) is 0 Å². The molecule has 1 aliphatic heterocycles. The van der Waals surface area contributed by atoms with Gasteiger partial charge in [0.1, 0.15) is 0 Å².